The van der Waals surface area contributed by atoms with E-state index < -0.39 is 20.5 Å². The second-order valence-corrected chi connectivity index (χ2v) is 10.7. The molecule has 1 aliphatic rings. The van der Waals surface area contributed by atoms with E-state index in [2.05, 4.69) is 20.8 Å². The van der Waals surface area contributed by atoms with E-state index in [-0.39, 0.29) is 18.6 Å². The fourth-order valence-corrected chi connectivity index (χ4v) is 6.09. The molecular formula is C21H25BrN2O5S. The number of nitrogens with zero attached hydrogens (tertiary/aromatic N) is 1. The van der Waals surface area contributed by atoms with Gasteiger partial charge in [0.15, 0.2) is 14.6 Å². The maximum absolute atomic E-state index is 13.3. The maximum Gasteiger partial charge on any atom is 0.264 e. The minimum absolute atomic E-state index is 0.119. The largest absolute Gasteiger partial charge is 0.497 e. The number of benzene rings is 2. The fraction of sp³-hybridized carbons (Fsp3) is 0.381. The number of carbonyl (C=O) groups is 1. The van der Waals surface area contributed by atoms with E-state index in [9.17, 15) is 18.4 Å². The molecule has 2 aromatic rings. The summed E-state index contributed by atoms with van der Waals surface area (Å²) >= 11 is 3.41. The van der Waals surface area contributed by atoms with Crippen molar-refractivity contribution in [1.29, 1.82) is 0 Å². The molecule has 1 fully saturated rings. The standard InChI is InChI=1S/C21H25BrN2O5S/c1-29-19-8-4-17(5-9-19)15-30(27,28)21(20(25)23-26)10-12-24(13-11-21)14-16-2-6-18(22)7-3-16/h2-9,26H,10-15H2,1H3,(H,23,25). The molecule has 0 saturated carbocycles. The summed E-state index contributed by atoms with van der Waals surface area (Å²) in [6.45, 7) is 1.54. The highest BCUT2D eigenvalue weighted by Gasteiger charge is 2.51. The minimum atomic E-state index is -3.88. The predicted molar refractivity (Wildman–Crippen MR) is 117 cm³/mol. The molecule has 2 aromatic carbocycles. The normalized spacial score (nSPS) is 16.8. The van der Waals surface area contributed by atoms with Gasteiger partial charge in [0, 0.05) is 24.1 Å². The van der Waals surface area contributed by atoms with Gasteiger partial charge >= 0.3 is 0 Å². The third kappa shape index (κ3) is 4.85. The molecule has 3 rings (SSSR count). The summed E-state index contributed by atoms with van der Waals surface area (Å²) in [7, 11) is -2.34. The molecule has 2 N–H and O–H groups in total. The Morgan fingerprint density at radius 3 is 2.20 bits per heavy atom. The van der Waals surface area contributed by atoms with Gasteiger partial charge in [-0.3, -0.25) is 14.9 Å². The van der Waals surface area contributed by atoms with Crippen LogP contribution in [0.1, 0.15) is 24.0 Å². The smallest absolute Gasteiger partial charge is 0.264 e. The monoisotopic (exact) mass is 496 g/mol. The van der Waals surface area contributed by atoms with Crippen LogP contribution in [0.4, 0.5) is 0 Å². The van der Waals surface area contributed by atoms with E-state index in [0.29, 0.717) is 30.9 Å². The summed E-state index contributed by atoms with van der Waals surface area (Å²) in [4.78, 5) is 14.7. The molecule has 0 spiro atoms. The van der Waals surface area contributed by atoms with E-state index in [1.807, 2.05) is 24.3 Å². The number of hydroxylamine groups is 1. The lowest BCUT2D eigenvalue weighted by Crippen LogP contribution is -2.57. The summed E-state index contributed by atoms with van der Waals surface area (Å²) in [5, 5.41) is 9.28. The summed E-state index contributed by atoms with van der Waals surface area (Å²) in [5.74, 6) is -0.517. The number of ether oxygens (including phenoxy) is 1. The highest BCUT2D eigenvalue weighted by molar-refractivity contribution is 9.10. The highest BCUT2D eigenvalue weighted by Crippen LogP contribution is 2.34. The van der Waals surface area contributed by atoms with Crippen LogP contribution >= 0.6 is 15.9 Å². The number of sulfone groups is 1. The Hall–Kier alpha value is -1.94. The third-order valence-corrected chi connectivity index (χ3v) is 8.64. The Morgan fingerprint density at radius 2 is 1.67 bits per heavy atom. The summed E-state index contributed by atoms with van der Waals surface area (Å²) in [6, 6.07) is 14.6. The van der Waals surface area contributed by atoms with Crippen molar-refractivity contribution >= 4 is 31.7 Å². The number of carbonyl (C=O) groups excluding carboxylic acids is 1. The van der Waals surface area contributed by atoms with Crippen molar-refractivity contribution in [3.05, 3.63) is 64.1 Å². The van der Waals surface area contributed by atoms with Crippen LogP contribution in [0.25, 0.3) is 0 Å². The van der Waals surface area contributed by atoms with Gasteiger partial charge in [-0.2, -0.15) is 0 Å². The summed E-state index contributed by atoms with van der Waals surface area (Å²) in [5.41, 5.74) is 3.27. The molecule has 1 amide bonds. The predicted octanol–water partition coefficient (Wildman–Crippen LogP) is 2.91. The molecule has 1 aliphatic heterocycles. The van der Waals surface area contributed by atoms with Crippen LogP contribution < -0.4 is 10.2 Å². The van der Waals surface area contributed by atoms with Crippen LogP contribution in [0.5, 0.6) is 5.75 Å². The number of piperidine rings is 1. The van der Waals surface area contributed by atoms with Crippen molar-refractivity contribution < 1.29 is 23.2 Å². The number of methoxy groups -OCH3 is 1. The Balaban J connectivity index is 1.76. The first kappa shape index (κ1) is 22.7. The SMILES string of the molecule is COc1ccc(CS(=O)(=O)C2(C(=O)NO)CCN(Cc3ccc(Br)cc3)CC2)cc1. The zero-order chi connectivity index (χ0) is 21.8. The average molecular weight is 497 g/mol. The van der Waals surface area contributed by atoms with Gasteiger partial charge < -0.3 is 4.74 Å². The molecule has 0 radical (unpaired) electrons. The zero-order valence-electron chi connectivity index (χ0n) is 16.7. The lowest BCUT2D eigenvalue weighted by atomic mass is 9.94. The molecule has 1 saturated heterocycles. The van der Waals surface area contributed by atoms with Crippen molar-refractivity contribution in [2.45, 2.75) is 29.9 Å². The Morgan fingerprint density at radius 1 is 1.10 bits per heavy atom. The number of likely N-dealkylation sites (tertiary alicyclic amines) is 1. The number of hydrogen-bond acceptors (Lipinski definition) is 6. The number of halogens is 1. The second-order valence-electron chi connectivity index (χ2n) is 7.44. The Bertz CT molecular complexity index is 969. The van der Waals surface area contributed by atoms with Gasteiger partial charge in [-0.1, -0.05) is 40.2 Å². The first-order chi connectivity index (χ1) is 14.3. The van der Waals surface area contributed by atoms with E-state index in [0.717, 1.165) is 10.0 Å². The van der Waals surface area contributed by atoms with Crippen molar-refractivity contribution in [3.8, 4) is 5.75 Å². The summed E-state index contributed by atoms with van der Waals surface area (Å²) < 4.78 is 31.1. The van der Waals surface area contributed by atoms with Crippen LogP contribution in [0.15, 0.2) is 53.0 Å². The van der Waals surface area contributed by atoms with Gasteiger partial charge in [0.05, 0.1) is 12.9 Å². The molecule has 30 heavy (non-hydrogen) atoms. The van der Waals surface area contributed by atoms with Crippen LogP contribution in [-0.4, -0.2) is 49.4 Å². The molecule has 1 heterocycles. The molecule has 7 nitrogen and oxygen atoms in total. The first-order valence-electron chi connectivity index (χ1n) is 9.56. The first-order valence-corrected chi connectivity index (χ1v) is 12.0. The van der Waals surface area contributed by atoms with Gasteiger partial charge in [0.1, 0.15) is 5.75 Å². The Labute approximate surface area is 185 Å². The number of hydrogen-bond donors (Lipinski definition) is 2. The van der Waals surface area contributed by atoms with E-state index in [4.69, 9.17) is 4.74 Å². The lowest BCUT2D eigenvalue weighted by molar-refractivity contribution is -0.133. The van der Waals surface area contributed by atoms with Crippen molar-refractivity contribution in [1.82, 2.24) is 10.4 Å². The molecular weight excluding hydrogens is 472 g/mol. The van der Waals surface area contributed by atoms with Crippen molar-refractivity contribution in [3.63, 3.8) is 0 Å². The number of nitrogens with one attached hydrogen (secondary N) is 1. The molecule has 0 aromatic heterocycles. The molecule has 0 bridgehead atoms. The van der Waals surface area contributed by atoms with E-state index >= 15 is 0 Å². The summed E-state index contributed by atoms with van der Waals surface area (Å²) in [6.07, 6.45) is 0.239. The quantitative estimate of drug-likeness (QED) is 0.451. The molecule has 0 unspecified atom stereocenters. The zero-order valence-corrected chi connectivity index (χ0v) is 19.1. The van der Waals surface area contributed by atoms with Gasteiger partial charge in [-0.25, -0.2) is 13.9 Å². The second kappa shape index (κ2) is 9.47. The third-order valence-electron chi connectivity index (χ3n) is 5.61. The van der Waals surface area contributed by atoms with E-state index in [1.54, 1.807) is 29.7 Å². The topological polar surface area (TPSA) is 95.9 Å². The molecule has 0 aliphatic carbocycles. The van der Waals surface area contributed by atoms with Gasteiger partial charge in [-0.15, -0.1) is 0 Å². The average Bonchev–Trinajstić information content (AvgIpc) is 2.75. The molecule has 162 valence electrons. The van der Waals surface area contributed by atoms with Crippen LogP contribution in [0.3, 0.4) is 0 Å². The van der Waals surface area contributed by atoms with Crippen LogP contribution in [-0.2, 0) is 26.9 Å². The van der Waals surface area contributed by atoms with E-state index in [1.165, 1.54) is 7.11 Å². The molecule has 9 heteroatoms. The van der Waals surface area contributed by atoms with Crippen LogP contribution in [0, 0.1) is 0 Å². The Kier molecular flexibility index (Phi) is 7.18. The van der Waals surface area contributed by atoms with Gasteiger partial charge in [-0.05, 0) is 48.2 Å². The van der Waals surface area contributed by atoms with Crippen molar-refractivity contribution in [2.75, 3.05) is 20.2 Å². The maximum atomic E-state index is 13.3. The number of amides is 1. The molecule has 0 atom stereocenters. The number of rotatable bonds is 7. The van der Waals surface area contributed by atoms with Crippen LogP contribution in [0.2, 0.25) is 0 Å². The van der Waals surface area contributed by atoms with Gasteiger partial charge in [0.2, 0.25) is 0 Å². The minimum Gasteiger partial charge on any atom is -0.497 e. The lowest BCUT2D eigenvalue weighted by Gasteiger charge is -2.39. The van der Waals surface area contributed by atoms with Gasteiger partial charge in [0.25, 0.3) is 5.91 Å². The van der Waals surface area contributed by atoms with Crippen molar-refractivity contribution in [2.24, 2.45) is 0 Å². The fourth-order valence-electron chi connectivity index (χ4n) is 3.78. The highest BCUT2D eigenvalue weighted by atomic mass is 79.9.